The van der Waals surface area contributed by atoms with Crippen molar-refractivity contribution in [2.75, 3.05) is 13.1 Å². The van der Waals surface area contributed by atoms with E-state index in [4.69, 9.17) is 10.5 Å². The molecule has 0 aromatic rings. The molecule has 1 saturated carbocycles. The monoisotopic (exact) mass is 406 g/mol. The van der Waals surface area contributed by atoms with Crippen molar-refractivity contribution in [3.05, 3.63) is 0 Å². The van der Waals surface area contributed by atoms with E-state index in [1.807, 2.05) is 13.8 Å². The minimum absolute atomic E-state index is 0.146. The number of carbonyl (C=O) groups excluding carboxylic acids is 1. The van der Waals surface area contributed by atoms with E-state index in [2.05, 4.69) is 0 Å². The molecule has 1 amide bonds. The second-order valence-corrected chi connectivity index (χ2v) is 9.69. The number of rotatable bonds is 9. The lowest BCUT2D eigenvalue weighted by molar-refractivity contribution is -0.133. The Balaban J connectivity index is 2.76. The Hall–Kier alpha value is -0.950. The fourth-order valence-corrected chi connectivity index (χ4v) is 3.57. The highest BCUT2D eigenvalue weighted by molar-refractivity contribution is 5.68. The Labute approximate surface area is 169 Å². The minimum atomic E-state index is -3.50. The summed E-state index contributed by atoms with van der Waals surface area (Å²) in [7, 11) is 0. The van der Waals surface area contributed by atoms with Crippen LogP contribution >= 0.6 is 0 Å². The van der Waals surface area contributed by atoms with Crippen LogP contribution in [-0.4, -0.2) is 52.9 Å². The van der Waals surface area contributed by atoms with Gasteiger partial charge in [0.15, 0.2) is 0 Å². The van der Waals surface area contributed by atoms with Crippen LogP contribution < -0.4 is 5.73 Å². The molecule has 0 radical (unpaired) electrons. The van der Waals surface area contributed by atoms with Gasteiger partial charge in [-0.2, -0.15) is 0 Å². The highest BCUT2D eigenvalue weighted by Gasteiger charge is 2.45. The maximum absolute atomic E-state index is 14.8. The van der Waals surface area contributed by atoms with E-state index >= 15 is 0 Å². The van der Waals surface area contributed by atoms with E-state index in [1.54, 1.807) is 20.8 Å². The molecular formula is C21H40F2N2O3. The molecule has 166 valence electrons. The van der Waals surface area contributed by atoms with E-state index in [0.717, 1.165) is 30.6 Å². The predicted molar refractivity (Wildman–Crippen MR) is 107 cm³/mol. The summed E-state index contributed by atoms with van der Waals surface area (Å²) in [6.45, 7) is 8.25. The van der Waals surface area contributed by atoms with Gasteiger partial charge in [0.25, 0.3) is 5.92 Å². The van der Waals surface area contributed by atoms with Gasteiger partial charge in [-0.3, -0.25) is 0 Å². The third-order valence-corrected chi connectivity index (χ3v) is 5.20. The van der Waals surface area contributed by atoms with Gasteiger partial charge in [-0.1, -0.05) is 46.0 Å². The largest absolute Gasteiger partial charge is 0.444 e. The number of nitrogens with two attached hydrogens (primary N) is 1. The van der Waals surface area contributed by atoms with Crippen molar-refractivity contribution >= 4 is 6.09 Å². The highest BCUT2D eigenvalue weighted by atomic mass is 19.3. The third kappa shape index (κ3) is 9.03. The zero-order valence-corrected chi connectivity index (χ0v) is 18.2. The first kappa shape index (κ1) is 25.1. The number of hydrogen-bond donors (Lipinski definition) is 2. The van der Waals surface area contributed by atoms with Crippen LogP contribution in [0.15, 0.2) is 0 Å². The summed E-state index contributed by atoms with van der Waals surface area (Å²) in [6, 6.07) is -1.01. The van der Waals surface area contributed by atoms with Crippen LogP contribution in [0.3, 0.4) is 0 Å². The van der Waals surface area contributed by atoms with Crippen LogP contribution in [0.4, 0.5) is 13.6 Å². The molecule has 0 bridgehead atoms. The first-order chi connectivity index (χ1) is 12.8. The smallest absolute Gasteiger partial charge is 0.410 e. The van der Waals surface area contributed by atoms with Crippen molar-refractivity contribution in [1.82, 2.24) is 4.90 Å². The average Bonchev–Trinajstić information content (AvgIpc) is 2.56. The Morgan fingerprint density at radius 2 is 1.79 bits per heavy atom. The van der Waals surface area contributed by atoms with Crippen LogP contribution in [0.5, 0.6) is 0 Å². The number of aliphatic hydroxyl groups excluding tert-OH is 1. The second-order valence-electron chi connectivity index (χ2n) is 9.69. The van der Waals surface area contributed by atoms with Gasteiger partial charge in [-0.15, -0.1) is 0 Å². The van der Waals surface area contributed by atoms with Gasteiger partial charge in [0.05, 0.1) is 6.54 Å². The van der Waals surface area contributed by atoms with Crippen molar-refractivity contribution in [2.24, 2.45) is 17.6 Å². The molecule has 0 heterocycles. The van der Waals surface area contributed by atoms with E-state index in [-0.39, 0.29) is 18.4 Å². The molecule has 0 aromatic heterocycles. The average molecular weight is 407 g/mol. The Morgan fingerprint density at radius 1 is 1.21 bits per heavy atom. The van der Waals surface area contributed by atoms with Gasteiger partial charge in [-0.05, 0) is 45.4 Å². The van der Waals surface area contributed by atoms with Crippen molar-refractivity contribution in [3.63, 3.8) is 0 Å². The summed E-state index contributed by atoms with van der Waals surface area (Å²) < 4.78 is 34.9. The first-order valence-electron chi connectivity index (χ1n) is 10.6. The number of carbonyl (C=O) groups is 1. The van der Waals surface area contributed by atoms with Crippen LogP contribution in [-0.2, 0) is 4.74 Å². The van der Waals surface area contributed by atoms with Gasteiger partial charge in [0.1, 0.15) is 11.7 Å². The van der Waals surface area contributed by atoms with Crippen LogP contribution in [0, 0.1) is 11.8 Å². The number of amides is 1. The van der Waals surface area contributed by atoms with Gasteiger partial charge in [0.2, 0.25) is 0 Å². The molecule has 2 unspecified atom stereocenters. The fourth-order valence-electron chi connectivity index (χ4n) is 3.57. The molecule has 0 aliphatic heterocycles. The molecule has 3 N–H and O–H groups in total. The summed E-state index contributed by atoms with van der Waals surface area (Å²) in [5, 5.41) is 10.3. The van der Waals surface area contributed by atoms with Gasteiger partial charge >= 0.3 is 6.09 Å². The number of alkyl halides is 2. The van der Waals surface area contributed by atoms with Gasteiger partial charge in [-0.25, -0.2) is 13.6 Å². The van der Waals surface area contributed by atoms with Crippen LogP contribution in [0.25, 0.3) is 0 Å². The topological polar surface area (TPSA) is 75.8 Å². The lowest BCUT2D eigenvalue weighted by Crippen LogP contribution is -2.54. The van der Waals surface area contributed by atoms with E-state index in [0.29, 0.717) is 12.8 Å². The number of nitrogens with zero attached hydrogens (tertiary/aromatic N) is 1. The highest BCUT2D eigenvalue weighted by Crippen LogP contribution is 2.31. The molecule has 7 heteroatoms. The van der Waals surface area contributed by atoms with Crippen molar-refractivity contribution < 1.29 is 23.4 Å². The zero-order chi connectivity index (χ0) is 21.5. The lowest BCUT2D eigenvalue weighted by Gasteiger charge is -2.35. The summed E-state index contributed by atoms with van der Waals surface area (Å²) in [5.74, 6) is -2.96. The quantitative estimate of drug-likeness (QED) is 0.588. The second kappa shape index (κ2) is 10.7. The zero-order valence-electron chi connectivity index (χ0n) is 18.2. The number of aliphatic hydroxyl groups is 1. The van der Waals surface area contributed by atoms with E-state index < -0.39 is 36.3 Å². The lowest BCUT2D eigenvalue weighted by atomic mass is 9.83. The van der Waals surface area contributed by atoms with E-state index in [1.165, 1.54) is 6.42 Å². The minimum Gasteiger partial charge on any atom is -0.444 e. The predicted octanol–water partition coefficient (Wildman–Crippen LogP) is 4.56. The molecule has 28 heavy (non-hydrogen) atoms. The molecule has 0 aromatic carbocycles. The molecule has 0 saturated heterocycles. The van der Waals surface area contributed by atoms with Crippen molar-refractivity contribution in [2.45, 2.75) is 103 Å². The molecule has 0 spiro atoms. The van der Waals surface area contributed by atoms with Crippen molar-refractivity contribution in [1.29, 1.82) is 0 Å². The molecular weight excluding hydrogens is 366 g/mol. The maximum Gasteiger partial charge on any atom is 0.410 e. The number of halogens is 2. The van der Waals surface area contributed by atoms with Gasteiger partial charge < -0.3 is 20.5 Å². The summed E-state index contributed by atoms with van der Waals surface area (Å²) in [6.07, 6.45) is 3.48. The number of ether oxygens (including phenoxy) is 1. The molecule has 1 rings (SSSR count). The first-order valence-corrected chi connectivity index (χ1v) is 10.6. The molecule has 1 aliphatic carbocycles. The summed E-state index contributed by atoms with van der Waals surface area (Å²) >= 11 is 0. The third-order valence-electron chi connectivity index (χ3n) is 5.20. The normalized spacial score (nSPS) is 18.8. The Kier molecular flexibility index (Phi) is 9.60. The SMILES string of the molecule is CC(C)CCN(CC(F)(F)C(O)C(N)CC1CCCCC1)C(=O)OC(C)(C)C. The molecule has 2 atom stereocenters. The van der Waals surface area contributed by atoms with Crippen molar-refractivity contribution in [3.8, 4) is 0 Å². The molecule has 5 nitrogen and oxygen atoms in total. The molecule has 1 fully saturated rings. The van der Waals surface area contributed by atoms with Crippen LogP contribution in [0.1, 0.15) is 79.6 Å². The Morgan fingerprint density at radius 3 is 2.29 bits per heavy atom. The number of hydrogen-bond acceptors (Lipinski definition) is 4. The standard InChI is InChI=1S/C21H40F2N2O3/c1-15(2)11-12-25(19(27)28-20(3,4)5)14-21(22,23)18(26)17(24)13-16-9-7-6-8-10-16/h15-18,26H,6-14,24H2,1-5H3. The van der Waals surface area contributed by atoms with Gasteiger partial charge in [0, 0.05) is 12.6 Å². The summed E-state index contributed by atoms with van der Waals surface area (Å²) in [4.78, 5) is 13.4. The fraction of sp³-hybridized carbons (Fsp3) is 0.952. The van der Waals surface area contributed by atoms with E-state index in [9.17, 15) is 18.7 Å². The summed E-state index contributed by atoms with van der Waals surface area (Å²) in [5.41, 5.74) is 5.17. The molecule has 1 aliphatic rings. The Bertz CT molecular complexity index is 475. The maximum atomic E-state index is 14.8. The van der Waals surface area contributed by atoms with Crippen LogP contribution in [0.2, 0.25) is 0 Å².